The second-order valence-electron chi connectivity index (χ2n) is 2.33. The Bertz CT molecular complexity index is 129. The molecule has 1 saturated heterocycles. The minimum absolute atomic E-state index is 0.0725. The van der Waals surface area contributed by atoms with E-state index in [-0.39, 0.29) is 13.0 Å². The van der Waals surface area contributed by atoms with Gasteiger partial charge in [-0.3, -0.25) is 0 Å². The highest BCUT2D eigenvalue weighted by Gasteiger charge is 2.25. The van der Waals surface area contributed by atoms with Crippen molar-refractivity contribution in [2.24, 2.45) is 0 Å². The number of halogens is 1. The fraction of sp³-hybridized carbons (Fsp3) is 0.833. The summed E-state index contributed by atoms with van der Waals surface area (Å²) < 4.78 is 17.0. The molecule has 1 rings (SSSR count). The van der Waals surface area contributed by atoms with Crippen LogP contribution in [0.2, 0.25) is 0 Å². The molecule has 1 fully saturated rings. The zero-order valence-electron chi connectivity index (χ0n) is 5.42. The molecule has 4 heteroatoms. The van der Waals surface area contributed by atoms with Gasteiger partial charge in [-0.2, -0.15) is 0 Å². The van der Waals surface area contributed by atoms with Gasteiger partial charge in [0.1, 0.15) is 6.17 Å². The lowest BCUT2D eigenvalue weighted by molar-refractivity contribution is -0.155. The Morgan fingerprint density at radius 3 is 2.70 bits per heavy atom. The first-order chi connectivity index (χ1) is 4.70. The average molecular weight is 148 g/mol. The zero-order chi connectivity index (χ0) is 7.56. The predicted octanol–water partition coefficient (Wildman–Crippen LogP) is 0.588. The minimum Gasteiger partial charge on any atom is -0.479 e. The summed E-state index contributed by atoms with van der Waals surface area (Å²) in [6.07, 6.45) is -1.17. The van der Waals surface area contributed by atoms with E-state index in [4.69, 9.17) is 5.11 Å². The molecule has 0 saturated carbocycles. The Morgan fingerprint density at radius 2 is 2.30 bits per heavy atom. The van der Waals surface area contributed by atoms with Gasteiger partial charge in [0.05, 0.1) is 6.61 Å². The smallest absolute Gasteiger partial charge is 0.332 e. The van der Waals surface area contributed by atoms with Crippen molar-refractivity contribution < 1.29 is 19.0 Å². The maximum atomic E-state index is 12.3. The number of aliphatic carboxylic acids is 1. The van der Waals surface area contributed by atoms with Gasteiger partial charge in [0.2, 0.25) is 0 Å². The summed E-state index contributed by atoms with van der Waals surface area (Å²) in [7, 11) is 0. The van der Waals surface area contributed by atoms with E-state index in [1.807, 2.05) is 0 Å². The number of ether oxygens (including phenoxy) is 1. The number of carbonyl (C=O) groups is 1. The van der Waals surface area contributed by atoms with Crippen LogP contribution in [0.3, 0.4) is 0 Å². The molecule has 0 bridgehead atoms. The first kappa shape index (κ1) is 7.47. The lowest BCUT2D eigenvalue weighted by Crippen LogP contribution is -2.32. The van der Waals surface area contributed by atoms with Gasteiger partial charge >= 0.3 is 5.97 Å². The first-order valence-electron chi connectivity index (χ1n) is 3.18. The number of carboxylic acid groups (broad SMARTS) is 1. The molecule has 0 amide bonds. The maximum absolute atomic E-state index is 12.3. The van der Waals surface area contributed by atoms with E-state index in [2.05, 4.69) is 4.74 Å². The lowest BCUT2D eigenvalue weighted by Gasteiger charge is -2.21. The van der Waals surface area contributed by atoms with Crippen molar-refractivity contribution in [3.05, 3.63) is 0 Å². The van der Waals surface area contributed by atoms with Crippen molar-refractivity contribution in [1.29, 1.82) is 0 Å². The van der Waals surface area contributed by atoms with Crippen molar-refractivity contribution in [2.75, 3.05) is 6.61 Å². The predicted molar refractivity (Wildman–Crippen MR) is 31.5 cm³/mol. The molecule has 1 aliphatic rings. The summed E-state index contributed by atoms with van der Waals surface area (Å²) in [6, 6.07) is 0. The molecule has 1 heterocycles. The van der Waals surface area contributed by atoms with Crippen LogP contribution in [-0.2, 0) is 9.53 Å². The molecule has 1 aliphatic heterocycles. The van der Waals surface area contributed by atoms with Crippen molar-refractivity contribution in [3.8, 4) is 0 Å². The number of rotatable bonds is 1. The minimum atomic E-state index is -0.994. The van der Waals surface area contributed by atoms with Gasteiger partial charge in [-0.05, 0) is 12.8 Å². The third-order valence-electron chi connectivity index (χ3n) is 1.50. The average Bonchev–Trinajstić information content (AvgIpc) is 1.88. The summed E-state index contributed by atoms with van der Waals surface area (Å²) in [5.41, 5.74) is 0. The highest BCUT2D eigenvalue weighted by atomic mass is 19.1. The maximum Gasteiger partial charge on any atom is 0.332 e. The van der Waals surface area contributed by atoms with Crippen LogP contribution in [0.25, 0.3) is 0 Å². The molecular formula is C6H9FO3. The molecule has 0 unspecified atom stereocenters. The monoisotopic (exact) mass is 148 g/mol. The normalized spacial score (nSPS) is 33.7. The van der Waals surface area contributed by atoms with E-state index < -0.39 is 18.2 Å². The third kappa shape index (κ3) is 1.67. The van der Waals surface area contributed by atoms with Gasteiger partial charge in [0.25, 0.3) is 0 Å². The Balaban J connectivity index is 2.33. The van der Waals surface area contributed by atoms with E-state index in [9.17, 15) is 9.18 Å². The second kappa shape index (κ2) is 2.96. The highest BCUT2D eigenvalue weighted by molar-refractivity contribution is 5.72. The largest absolute Gasteiger partial charge is 0.479 e. The number of hydrogen-bond acceptors (Lipinski definition) is 2. The summed E-state index contributed by atoms with van der Waals surface area (Å²) in [5.74, 6) is -0.994. The van der Waals surface area contributed by atoms with E-state index in [1.54, 1.807) is 0 Å². The molecule has 1 N–H and O–H groups in total. The molecule has 58 valence electrons. The van der Waals surface area contributed by atoms with Gasteiger partial charge in [-0.1, -0.05) is 0 Å². The fourth-order valence-corrected chi connectivity index (χ4v) is 0.914. The van der Waals surface area contributed by atoms with Crippen LogP contribution in [0.4, 0.5) is 4.39 Å². The summed E-state index contributed by atoms with van der Waals surface area (Å²) in [6.45, 7) is -0.0725. The first-order valence-corrected chi connectivity index (χ1v) is 3.18. The van der Waals surface area contributed by atoms with Crippen LogP contribution in [-0.4, -0.2) is 30.0 Å². The van der Waals surface area contributed by atoms with Crippen LogP contribution in [0.1, 0.15) is 12.8 Å². The van der Waals surface area contributed by atoms with E-state index in [0.29, 0.717) is 6.42 Å². The van der Waals surface area contributed by atoms with Gasteiger partial charge in [0.15, 0.2) is 6.10 Å². The number of carboxylic acids is 1. The van der Waals surface area contributed by atoms with Crippen molar-refractivity contribution >= 4 is 5.97 Å². The van der Waals surface area contributed by atoms with Crippen LogP contribution in [0.15, 0.2) is 0 Å². The lowest BCUT2D eigenvalue weighted by atomic mass is 10.1. The second-order valence-corrected chi connectivity index (χ2v) is 2.33. The van der Waals surface area contributed by atoms with Gasteiger partial charge in [0, 0.05) is 0 Å². The number of alkyl halides is 1. The molecule has 0 aromatic heterocycles. The fourth-order valence-electron chi connectivity index (χ4n) is 0.914. The quantitative estimate of drug-likeness (QED) is 0.591. The Hall–Kier alpha value is -0.640. The summed E-state index contributed by atoms with van der Waals surface area (Å²) in [4.78, 5) is 10.2. The SMILES string of the molecule is O=C(O)[C@@H]1CC[C@H](F)CO1. The molecular weight excluding hydrogens is 139 g/mol. The zero-order valence-corrected chi connectivity index (χ0v) is 5.42. The van der Waals surface area contributed by atoms with Crippen molar-refractivity contribution in [1.82, 2.24) is 0 Å². The molecule has 0 radical (unpaired) electrons. The Labute approximate surface area is 57.8 Å². The van der Waals surface area contributed by atoms with E-state index in [0.717, 1.165) is 0 Å². The van der Waals surface area contributed by atoms with E-state index in [1.165, 1.54) is 0 Å². The molecule has 0 spiro atoms. The van der Waals surface area contributed by atoms with Crippen molar-refractivity contribution in [2.45, 2.75) is 25.1 Å². The number of hydrogen-bond donors (Lipinski definition) is 1. The molecule has 10 heavy (non-hydrogen) atoms. The van der Waals surface area contributed by atoms with E-state index >= 15 is 0 Å². The van der Waals surface area contributed by atoms with Crippen LogP contribution in [0.5, 0.6) is 0 Å². The molecule has 0 aromatic carbocycles. The van der Waals surface area contributed by atoms with Crippen molar-refractivity contribution in [3.63, 3.8) is 0 Å². The Kier molecular flexibility index (Phi) is 2.21. The third-order valence-corrected chi connectivity index (χ3v) is 1.50. The standard InChI is InChI=1S/C6H9FO3/c7-4-1-2-5(6(8)9)10-3-4/h4-5H,1-3H2,(H,8,9)/t4-,5-/m0/s1. The van der Waals surface area contributed by atoms with Crippen LogP contribution < -0.4 is 0 Å². The molecule has 3 nitrogen and oxygen atoms in total. The molecule has 0 aromatic rings. The summed E-state index contributed by atoms with van der Waals surface area (Å²) >= 11 is 0. The van der Waals surface area contributed by atoms with Crippen LogP contribution in [0, 0.1) is 0 Å². The Morgan fingerprint density at radius 1 is 1.60 bits per heavy atom. The topological polar surface area (TPSA) is 46.5 Å². The highest BCUT2D eigenvalue weighted by Crippen LogP contribution is 2.15. The van der Waals surface area contributed by atoms with Crippen LogP contribution >= 0.6 is 0 Å². The molecule has 0 aliphatic carbocycles. The molecule has 2 atom stereocenters. The van der Waals surface area contributed by atoms with Gasteiger partial charge in [-0.25, -0.2) is 9.18 Å². The van der Waals surface area contributed by atoms with Gasteiger partial charge in [-0.15, -0.1) is 0 Å². The van der Waals surface area contributed by atoms with Gasteiger partial charge < -0.3 is 9.84 Å². The summed E-state index contributed by atoms with van der Waals surface area (Å²) in [5, 5.41) is 8.38.